The van der Waals surface area contributed by atoms with Crippen LogP contribution in [0.1, 0.15) is 12.5 Å². The molecule has 3 nitrogen and oxygen atoms in total. The first-order valence-corrected chi connectivity index (χ1v) is 7.03. The summed E-state index contributed by atoms with van der Waals surface area (Å²) in [6.45, 7) is 3.62. The van der Waals surface area contributed by atoms with Crippen molar-refractivity contribution in [1.82, 2.24) is 4.98 Å². The SMILES string of the molecule is Cc1cc(Br)cc2sc(NC(=O)C(C)Cl)nc12. The van der Waals surface area contributed by atoms with Gasteiger partial charge in [0.05, 0.1) is 10.2 Å². The van der Waals surface area contributed by atoms with Crippen molar-refractivity contribution in [3.05, 3.63) is 22.2 Å². The standard InChI is InChI=1S/C11H10BrClN2OS/c1-5-3-7(12)4-8-9(5)14-11(17-8)15-10(16)6(2)13/h3-4,6H,1-2H3,(H,14,15,16). The molecule has 1 unspecified atom stereocenters. The molecule has 0 fully saturated rings. The molecule has 1 aromatic heterocycles. The molecule has 1 heterocycles. The highest BCUT2D eigenvalue weighted by Gasteiger charge is 2.13. The zero-order chi connectivity index (χ0) is 12.6. The number of amides is 1. The van der Waals surface area contributed by atoms with E-state index in [2.05, 4.69) is 26.2 Å². The lowest BCUT2D eigenvalue weighted by Gasteiger charge is -2.01. The first-order valence-electron chi connectivity index (χ1n) is 4.99. The number of benzene rings is 1. The van der Waals surface area contributed by atoms with Gasteiger partial charge in [0.15, 0.2) is 5.13 Å². The van der Waals surface area contributed by atoms with Crippen LogP contribution in [0.2, 0.25) is 0 Å². The third-order valence-corrected chi connectivity index (χ3v) is 3.82. The Morgan fingerprint density at radius 2 is 2.29 bits per heavy atom. The van der Waals surface area contributed by atoms with Crippen LogP contribution in [0.25, 0.3) is 10.2 Å². The molecule has 2 aromatic rings. The summed E-state index contributed by atoms with van der Waals surface area (Å²) in [5, 5.41) is 2.72. The van der Waals surface area contributed by atoms with Gasteiger partial charge in [-0.05, 0) is 31.5 Å². The number of carbonyl (C=O) groups excluding carboxylic acids is 1. The second-order valence-electron chi connectivity index (χ2n) is 3.69. The Labute approximate surface area is 116 Å². The number of hydrogen-bond acceptors (Lipinski definition) is 3. The van der Waals surface area contributed by atoms with E-state index in [1.807, 2.05) is 19.1 Å². The van der Waals surface area contributed by atoms with E-state index in [4.69, 9.17) is 11.6 Å². The van der Waals surface area contributed by atoms with Gasteiger partial charge in [-0.2, -0.15) is 0 Å². The summed E-state index contributed by atoms with van der Waals surface area (Å²) >= 11 is 10.6. The number of rotatable bonds is 2. The van der Waals surface area contributed by atoms with Crippen LogP contribution < -0.4 is 5.32 Å². The maximum atomic E-state index is 11.5. The number of hydrogen-bond donors (Lipinski definition) is 1. The normalized spacial score (nSPS) is 12.7. The van der Waals surface area contributed by atoms with Crippen LogP contribution in [0.15, 0.2) is 16.6 Å². The fourth-order valence-corrected chi connectivity index (χ4v) is 3.18. The molecule has 2 rings (SSSR count). The van der Waals surface area contributed by atoms with Gasteiger partial charge >= 0.3 is 0 Å². The monoisotopic (exact) mass is 332 g/mol. The summed E-state index contributed by atoms with van der Waals surface area (Å²) < 4.78 is 2.05. The van der Waals surface area contributed by atoms with Crippen molar-refractivity contribution in [2.24, 2.45) is 0 Å². The predicted molar refractivity (Wildman–Crippen MR) is 76.0 cm³/mol. The van der Waals surface area contributed by atoms with Crippen LogP contribution in [-0.2, 0) is 4.79 Å². The number of halogens is 2. The molecule has 0 spiro atoms. The second-order valence-corrected chi connectivity index (χ2v) is 6.29. The highest BCUT2D eigenvalue weighted by molar-refractivity contribution is 9.10. The number of aromatic nitrogens is 1. The Bertz CT molecular complexity index is 582. The third kappa shape index (κ3) is 2.78. The molecule has 17 heavy (non-hydrogen) atoms. The van der Waals surface area contributed by atoms with Crippen molar-refractivity contribution in [2.45, 2.75) is 19.2 Å². The van der Waals surface area contributed by atoms with Gasteiger partial charge in [0.25, 0.3) is 0 Å². The number of nitrogens with zero attached hydrogens (tertiary/aromatic N) is 1. The quantitative estimate of drug-likeness (QED) is 0.846. The average molecular weight is 334 g/mol. The maximum Gasteiger partial charge on any atom is 0.243 e. The number of nitrogens with one attached hydrogen (secondary N) is 1. The van der Waals surface area contributed by atoms with Gasteiger partial charge in [-0.15, -0.1) is 11.6 Å². The summed E-state index contributed by atoms with van der Waals surface area (Å²) in [6, 6.07) is 3.98. The van der Waals surface area contributed by atoms with Crippen LogP contribution in [0.4, 0.5) is 5.13 Å². The molecule has 1 atom stereocenters. The van der Waals surface area contributed by atoms with Crippen LogP contribution in [-0.4, -0.2) is 16.3 Å². The van der Waals surface area contributed by atoms with Crippen molar-refractivity contribution >= 4 is 60.1 Å². The largest absolute Gasteiger partial charge is 0.301 e. The van der Waals surface area contributed by atoms with Crippen LogP contribution >= 0.6 is 38.9 Å². The summed E-state index contributed by atoms with van der Waals surface area (Å²) in [5.74, 6) is -0.234. The second kappa shape index (κ2) is 4.92. The van der Waals surface area contributed by atoms with Gasteiger partial charge in [0.2, 0.25) is 5.91 Å². The highest BCUT2D eigenvalue weighted by Crippen LogP contribution is 2.31. The van der Waals surface area contributed by atoms with Gasteiger partial charge in [0.1, 0.15) is 5.38 Å². The minimum Gasteiger partial charge on any atom is -0.301 e. The summed E-state index contributed by atoms with van der Waals surface area (Å²) in [4.78, 5) is 15.8. The topological polar surface area (TPSA) is 42.0 Å². The number of fused-ring (bicyclic) bond motifs is 1. The van der Waals surface area contributed by atoms with Gasteiger partial charge in [-0.1, -0.05) is 27.3 Å². The molecular formula is C11H10BrClN2OS. The Kier molecular flexibility index (Phi) is 3.70. The van der Waals surface area contributed by atoms with E-state index in [9.17, 15) is 4.79 Å². The summed E-state index contributed by atoms with van der Waals surface area (Å²) in [5.41, 5.74) is 1.99. The molecule has 1 N–H and O–H groups in total. The molecule has 90 valence electrons. The molecule has 0 radical (unpaired) electrons. The van der Waals surface area contributed by atoms with E-state index in [1.54, 1.807) is 6.92 Å². The molecule has 1 amide bonds. The van der Waals surface area contributed by atoms with Crippen molar-refractivity contribution in [1.29, 1.82) is 0 Å². The summed E-state index contributed by atoms with van der Waals surface area (Å²) in [7, 11) is 0. The fraction of sp³-hybridized carbons (Fsp3) is 0.273. The molecule has 0 saturated carbocycles. The molecule has 6 heteroatoms. The van der Waals surface area contributed by atoms with Gasteiger partial charge in [-0.3, -0.25) is 4.79 Å². The number of alkyl halides is 1. The lowest BCUT2D eigenvalue weighted by Crippen LogP contribution is -2.19. The Hall–Kier alpha value is -0.650. The van der Waals surface area contributed by atoms with E-state index in [1.165, 1.54) is 11.3 Å². The van der Waals surface area contributed by atoms with E-state index < -0.39 is 5.38 Å². The van der Waals surface area contributed by atoms with E-state index in [-0.39, 0.29) is 5.91 Å². The van der Waals surface area contributed by atoms with Crippen LogP contribution in [0.3, 0.4) is 0 Å². The average Bonchev–Trinajstić information content (AvgIpc) is 2.60. The third-order valence-electron chi connectivity index (χ3n) is 2.24. The predicted octanol–water partition coefficient (Wildman–Crippen LogP) is 3.93. The van der Waals surface area contributed by atoms with Gasteiger partial charge in [0, 0.05) is 4.47 Å². The Morgan fingerprint density at radius 3 is 2.94 bits per heavy atom. The van der Waals surface area contributed by atoms with Crippen LogP contribution in [0.5, 0.6) is 0 Å². The van der Waals surface area contributed by atoms with Crippen molar-refractivity contribution in [3.8, 4) is 0 Å². The van der Waals surface area contributed by atoms with Crippen molar-refractivity contribution < 1.29 is 4.79 Å². The number of aryl methyl sites for hydroxylation is 1. The molecular weight excluding hydrogens is 324 g/mol. The Balaban J connectivity index is 2.38. The molecule has 1 aromatic carbocycles. The van der Waals surface area contributed by atoms with Crippen molar-refractivity contribution in [3.63, 3.8) is 0 Å². The fourth-order valence-electron chi connectivity index (χ4n) is 1.41. The minimum atomic E-state index is -0.560. The highest BCUT2D eigenvalue weighted by atomic mass is 79.9. The summed E-state index contributed by atoms with van der Waals surface area (Å²) in [6.07, 6.45) is 0. The molecule has 0 bridgehead atoms. The van der Waals surface area contributed by atoms with E-state index in [0.717, 1.165) is 20.3 Å². The molecule has 0 saturated heterocycles. The van der Waals surface area contributed by atoms with Gasteiger partial charge < -0.3 is 5.32 Å². The van der Waals surface area contributed by atoms with E-state index >= 15 is 0 Å². The zero-order valence-corrected chi connectivity index (χ0v) is 12.4. The van der Waals surface area contributed by atoms with Crippen LogP contribution in [0, 0.1) is 6.92 Å². The maximum absolute atomic E-state index is 11.5. The lowest BCUT2D eigenvalue weighted by molar-refractivity contribution is -0.115. The van der Waals surface area contributed by atoms with Gasteiger partial charge in [-0.25, -0.2) is 4.98 Å². The number of thiazole rings is 1. The van der Waals surface area contributed by atoms with E-state index in [0.29, 0.717) is 5.13 Å². The Morgan fingerprint density at radius 1 is 1.59 bits per heavy atom. The lowest BCUT2D eigenvalue weighted by atomic mass is 10.2. The smallest absolute Gasteiger partial charge is 0.243 e. The molecule has 0 aliphatic carbocycles. The number of carbonyl (C=O) groups is 1. The molecule has 0 aliphatic rings. The minimum absolute atomic E-state index is 0.234. The first kappa shape index (κ1) is 12.8. The molecule has 0 aliphatic heterocycles. The van der Waals surface area contributed by atoms with Crippen molar-refractivity contribution in [2.75, 3.05) is 5.32 Å². The number of anilines is 1. The zero-order valence-electron chi connectivity index (χ0n) is 9.25. The first-order chi connectivity index (χ1) is 7.97.